The highest BCUT2D eigenvalue weighted by molar-refractivity contribution is 5.79. The largest absolute Gasteiger partial charge is 0.493 e. The lowest BCUT2D eigenvalue weighted by Gasteiger charge is -2.30. The van der Waals surface area contributed by atoms with E-state index in [1.54, 1.807) is 0 Å². The average Bonchev–Trinajstić information content (AvgIpc) is 3.60. The lowest BCUT2D eigenvalue weighted by atomic mass is 9.83. The smallest absolute Gasteiger partial charge is 0.308 e. The van der Waals surface area contributed by atoms with Crippen molar-refractivity contribution < 1.29 is 24.2 Å². The maximum Gasteiger partial charge on any atom is 0.308 e. The molecule has 0 aromatic heterocycles. The second-order valence-electron chi connectivity index (χ2n) is 10.6. The standard InChI is InChI=1S/C28H42N4O5/c1-2-3-12-30(14-5-11-29)26(34)19-32-18-22(20-7-8-24-21(17-20)10-16-37-24)27(28(35)36)23(32)9-15-31-13-4-6-25(31)33/h7-8,17,22-23,27H,2-6,9-16,18-19,29H2,1H3,(H,35,36)/t22-,23+,27-/m1/s1. The van der Waals surface area contributed by atoms with Crippen LogP contribution in [-0.2, 0) is 20.8 Å². The predicted octanol–water partition coefficient (Wildman–Crippen LogP) is 2.08. The second kappa shape index (κ2) is 12.7. The number of unbranched alkanes of at least 4 members (excludes halogenated alkanes) is 1. The number of fused-ring (bicyclic) bond motifs is 1. The summed E-state index contributed by atoms with van der Waals surface area (Å²) < 4.78 is 5.66. The minimum Gasteiger partial charge on any atom is -0.493 e. The quantitative estimate of drug-likeness (QED) is 0.414. The van der Waals surface area contributed by atoms with E-state index in [0.29, 0.717) is 52.2 Å². The fraction of sp³-hybridized carbons (Fsp3) is 0.679. The monoisotopic (exact) mass is 514 g/mol. The molecule has 0 bridgehead atoms. The minimum atomic E-state index is -0.847. The van der Waals surface area contributed by atoms with Crippen LogP contribution in [0.15, 0.2) is 18.2 Å². The number of hydrogen-bond donors (Lipinski definition) is 2. The van der Waals surface area contributed by atoms with Crippen molar-refractivity contribution in [1.82, 2.24) is 14.7 Å². The molecule has 0 aliphatic carbocycles. The summed E-state index contributed by atoms with van der Waals surface area (Å²) in [5.74, 6) is -0.703. The van der Waals surface area contributed by atoms with Crippen molar-refractivity contribution in [2.45, 2.75) is 63.8 Å². The molecule has 0 spiro atoms. The number of aliphatic carboxylic acids is 1. The van der Waals surface area contributed by atoms with Gasteiger partial charge in [0.25, 0.3) is 0 Å². The number of carboxylic acid groups (broad SMARTS) is 1. The summed E-state index contributed by atoms with van der Waals surface area (Å²) in [6.07, 6.45) is 5.43. The average molecular weight is 515 g/mol. The first-order valence-corrected chi connectivity index (χ1v) is 13.9. The second-order valence-corrected chi connectivity index (χ2v) is 10.6. The molecule has 0 saturated carbocycles. The number of carbonyl (C=O) groups is 3. The van der Waals surface area contributed by atoms with Gasteiger partial charge in [-0.15, -0.1) is 0 Å². The van der Waals surface area contributed by atoms with Crippen molar-refractivity contribution >= 4 is 17.8 Å². The number of likely N-dealkylation sites (tertiary alicyclic amines) is 2. The summed E-state index contributed by atoms with van der Waals surface area (Å²) >= 11 is 0. The van der Waals surface area contributed by atoms with Crippen molar-refractivity contribution in [2.75, 3.05) is 52.4 Å². The minimum absolute atomic E-state index is 0.0243. The maximum atomic E-state index is 13.5. The molecule has 4 rings (SSSR count). The maximum absolute atomic E-state index is 13.5. The first-order chi connectivity index (χ1) is 17.9. The Bertz CT molecular complexity index is 962. The molecule has 0 radical (unpaired) electrons. The molecule has 204 valence electrons. The van der Waals surface area contributed by atoms with E-state index in [0.717, 1.165) is 55.5 Å². The number of hydrogen-bond acceptors (Lipinski definition) is 6. The molecule has 3 aliphatic rings. The Kier molecular flexibility index (Phi) is 9.43. The van der Waals surface area contributed by atoms with Crippen LogP contribution in [0.4, 0.5) is 0 Å². The summed E-state index contributed by atoms with van der Waals surface area (Å²) in [6.45, 7) is 6.51. The molecule has 1 aromatic rings. The molecule has 3 heterocycles. The molecule has 3 N–H and O–H groups in total. The number of carboxylic acids is 1. The molecule has 2 fully saturated rings. The van der Waals surface area contributed by atoms with E-state index in [1.165, 1.54) is 0 Å². The van der Waals surface area contributed by atoms with E-state index in [2.05, 4.69) is 17.9 Å². The van der Waals surface area contributed by atoms with Gasteiger partial charge in [0.15, 0.2) is 0 Å². The highest BCUT2D eigenvalue weighted by Crippen LogP contribution is 2.41. The zero-order valence-corrected chi connectivity index (χ0v) is 22.1. The van der Waals surface area contributed by atoms with Gasteiger partial charge in [0.1, 0.15) is 5.75 Å². The summed E-state index contributed by atoms with van der Waals surface area (Å²) in [7, 11) is 0. The zero-order valence-electron chi connectivity index (χ0n) is 22.1. The number of benzene rings is 1. The molecule has 3 aliphatic heterocycles. The number of ether oxygens (including phenoxy) is 1. The van der Waals surface area contributed by atoms with Crippen LogP contribution >= 0.6 is 0 Å². The number of rotatable bonds is 13. The lowest BCUT2D eigenvalue weighted by molar-refractivity contribution is -0.144. The van der Waals surface area contributed by atoms with E-state index in [-0.39, 0.29) is 30.3 Å². The van der Waals surface area contributed by atoms with Gasteiger partial charge in [0.05, 0.1) is 19.1 Å². The molecule has 2 amide bonds. The summed E-state index contributed by atoms with van der Waals surface area (Å²) in [5.41, 5.74) is 7.82. The molecule has 2 saturated heterocycles. The summed E-state index contributed by atoms with van der Waals surface area (Å²) in [5, 5.41) is 10.4. The van der Waals surface area contributed by atoms with Crippen LogP contribution in [0.25, 0.3) is 0 Å². The SMILES string of the molecule is CCCCN(CCCN)C(=O)CN1C[C@H](c2ccc3c(c2)CCO3)[C@@H](C(=O)O)[C@@H]1CCN1CCCC1=O. The van der Waals surface area contributed by atoms with Crippen LogP contribution in [0.1, 0.15) is 62.5 Å². The molecular formula is C28H42N4O5. The topological polar surface area (TPSA) is 116 Å². The summed E-state index contributed by atoms with van der Waals surface area (Å²) in [4.78, 5) is 44.2. The Morgan fingerprint density at radius 2 is 2.03 bits per heavy atom. The third kappa shape index (κ3) is 6.44. The lowest BCUT2D eigenvalue weighted by Crippen LogP contribution is -2.46. The zero-order chi connectivity index (χ0) is 26.4. The third-order valence-electron chi connectivity index (χ3n) is 8.15. The molecule has 0 unspecified atom stereocenters. The van der Waals surface area contributed by atoms with Gasteiger partial charge < -0.3 is 25.4 Å². The number of carbonyl (C=O) groups excluding carboxylic acids is 2. The van der Waals surface area contributed by atoms with Gasteiger partial charge in [-0.3, -0.25) is 19.3 Å². The molecule has 1 aromatic carbocycles. The van der Waals surface area contributed by atoms with Crippen LogP contribution in [0.2, 0.25) is 0 Å². The van der Waals surface area contributed by atoms with E-state index >= 15 is 0 Å². The van der Waals surface area contributed by atoms with Gasteiger partial charge in [0, 0.05) is 57.5 Å². The third-order valence-corrected chi connectivity index (χ3v) is 8.15. The van der Waals surface area contributed by atoms with Crippen molar-refractivity contribution in [3.63, 3.8) is 0 Å². The van der Waals surface area contributed by atoms with Gasteiger partial charge in [0.2, 0.25) is 11.8 Å². The van der Waals surface area contributed by atoms with Crippen molar-refractivity contribution in [3.8, 4) is 5.75 Å². The fourth-order valence-electron chi connectivity index (χ4n) is 6.12. The van der Waals surface area contributed by atoms with Crippen molar-refractivity contribution in [1.29, 1.82) is 0 Å². The molecular weight excluding hydrogens is 472 g/mol. The van der Waals surface area contributed by atoms with Gasteiger partial charge in [-0.2, -0.15) is 0 Å². The highest BCUT2D eigenvalue weighted by Gasteiger charge is 2.47. The predicted molar refractivity (Wildman–Crippen MR) is 140 cm³/mol. The van der Waals surface area contributed by atoms with Gasteiger partial charge >= 0.3 is 5.97 Å². The van der Waals surface area contributed by atoms with Crippen molar-refractivity contribution in [3.05, 3.63) is 29.3 Å². The Balaban J connectivity index is 1.57. The number of nitrogens with zero attached hydrogens (tertiary/aromatic N) is 3. The Morgan fingerprint density at radius 1 is 1.22 bits per heavy atom. The molecule has 9 heteroatoms. The normalized spacial score (nSPS) is 23.4. The Hall–Kier alpha value is -2.65. The van der Waals surface area contributed by atoms with Crippen LogP contribution < -0.4 is 10.5 Å². The van der Waals surface area contributed by atoms with E-state index in [9.17, 15) is 19.5 Å². The van der Waals surface area contributed by atoms with Gasteiger partial charge in [-0.05, 0) is 49.4 Å². The van der Waals surface area contributed by atoms with E-state index in [4.69, 9.17) is 10.5 Å². The summed E-state index contributed by atoms with van der Waals surface area (Å²) in [6, 6.07) is 5.68. The van der Waals surface area contributed by atoms with Crippen LogP contribution in [0.3, 0.4) is 0 Å². The fourth-order valence-corrected chi connectivity index (χ4v) is 6.12. The van der Waals surface area contributed by atoms with E-state index < -0.39 is 11.9 Å². The number of nitrogens with two attached hydrogens (primary N) is 1. The van der Waals surface area contributed by atoms with Gasteiger partial charge in [-0.25, -0.2) is 0 Å². The first-order valence-electron chi connectivity index (χ1n) is 13.9. The molecule has 3 atom stereocenters. The molecule has 9 nitrogen and oxygen atoms in total. The number of amides is 2. The van der Waals surface area contributed by atoms with E-state index in [1.807, 2.05) is 21.9 Å². The van der Waals surface area contributed by atoms with Gasteiger partial charge in [-0.1, -0.05) is 25.5 Å². The van der Waals surface area contributed by atoms with Crippen molar-refractivity contribution in [2.24, 2.45) is 11.7 Å². The Morgan fingerprint density at radius 3 is 2.73 bits per heavy atom. The van der Waals surface area contributed by atoms with Crippen LogP contribution in [-0.4, -0.2) is 96.1 Å². The Labute approximate surface area is 219 Å². The van der Waals surface area contributed by atoms with Crippen LogP contribution in [0.5, 0.6) is 5.75 Å². The molecule has 37 heavy (non-hydrogen) atoms. The van der Waals surface area contributed by atoms with Crippen LogP contribution in [0, 0.1) is 5.92 Å². The highest BCUT2D eigenvalue weighted by atomic mass is 16.5. The first kappa shape index (κ1) is 27.4.